The molecule has 0 saturated carbocycles. The Hall–Kier alpha value is -4.44. The number of hydrogen-bond donors (Lipinski definition) is 2. The summed E-state index contributed by atoms with van der Waals surface area (Å²) in [5.74, 6) is -0.104. The van der Waals surface area contributed by atoms with Gasteiger partial charge in [0.05, 0.1) is 24.4 Å². The van der Waals surface area contributed by atoms with Crippen LogP contribution in [0.3, 0.4) is 0 Å². The maximum Gasteiger partial charge on any atom is 0.259 e. The molecule has 32 heavy (non-hydrogen) atoms. The summed E-state index contributed by atoms with van der Waals surface area (Å²) in [6.07, 6.45) is 1.49. The number of aryl methyl sites for hydroxylation is 1. The summed E-state index contributed by atoms with van der Waals surface area (Å²) >= 11 is 0. The molecule has 0 atom stereocenters. The third-order valence-electron chi connectivity index (χ3n) is 4.54. The standard InChI is InChI=1S/C25H22N4O3/c1-18-6-10-20(11-7-18)25(31)27-16-24(30)29-28-15-19-8-12-23(13-9-19)32-17-22-5-3-2-4-21(22)14-26/h2-13,15H,16-17H2,1H3,(H,27,31)(H,29,30). The van der Waals surface area contributed by atoms with Crippen LogP contribution >= 0.6 is 0 Å². The molecule has 2 N–H and O–H groups in total. The van der Waals surface area contributed by atoms with Crippen LogP contribution in [-0.2, 0) is 11.4 Å². The van der Waals surface area contributed by atoms with Crippen LogP contribution in [0.1, 0.15) is 32.6 Å². The van der Waals surface area contributed by atoms with E-state index in [-0.39, 0.29) is 12.5 Å². The van der Waals surface area contributed by atoms with E-state index >= 15 is 0 Å². The van der Waals surface area contributed by atoms with Crippen LogP contribution in [-0.4, -0.2) is 24.6 Å². The predicted octanol–water partition coefficient (Wildman–Crippen LogP) is 3.33. The molecule has 3 aromatic rings. The predicted molar refractivity (Wildman–Crippen MR) is 121 cm³/mol. The van der Waals surface area contributed by atoms with Crippen molar-refractivity contribution in [3.63, 3.8) is 0 Å². The van der Waals surface area contributed by atoms with E-state index in [1.54, 1.807) is 42.5 Å². The van der Waals surface area contributed by atoms with Gasteiger partial charge >= 0.3 is 0 Å². The Morgan fingerprint density at radius 3 is 2.47 bits per heavy atom. The molecule has 0 bridgehead atoms. The molecular formula is C25H22N4O3. The zero-order valence-electron chi connectivity index (χ0n) is 17.5. The van der Waals surface area contributed by atoms with Gasteiger partial charge in [0.1, 0.15) is 12.4 Å². The molecule has 0 heterocycles. The van der Waals surface area contributed by atoms with Crippen LogP contribution in [0.2, 0.25) is 0 Å². The zero-order valence-corrected chi connectivity index (χ0v) is 17.5. The summed E-state index contributed by atoms with van der Waals surface area (Å²) in [7, 11) is 0. The molecule has 2 amide bonds. The Balaban J connectivity index is 1.43. The molecule has 0 aliphatic carbocycles. The van der Waals surface area contributed by atoms with Crippen molar-refractivity contribution in [3.8, 4) is 11.8 Å². The number of ether oxygens (including phenoxy) is 1. The van der Waals surface area contributed by atoms with Gasteiger partial charge in [-0.15, -0.1) is 0 Å². The number of hydrazone groups is 1. The Morgan fingerprint density at radius 2 is 1.75 bits per heavy atom. The number of amides is 2. The summed E-state index contributed by atoms with van der Waals surface area (Å²) < 4.78 is 5.72. The van der Waals surface area contributed by atoms with Crippen molar-refractivity contribution in [2.24, 2.45) is 5.10 Å². The van der Waals surface area contributed by atoms with E-state index in [0.717, 1.165) is 16.7 Å². The first-order valence-corrected chi connectivity index (χ1v) is 9.93. The normalized spacial score (nSPS) is 10.4. The lowest BCUT2D eigenvalue weighted by molar-refractivity contribution is -0.120. The second kappa shape index (κ2) is 11.1. The number of rotatable bonds is 8. The molecular weight excluding hydrogens is 404 g/mol. The number of carbonyl (C=O) groups is 2. The molecule has 0 aliphatic heterocycles. The van der Waals surface area contributed by atoms with Crippen molar-refractivity contribution < 1.29 is 14.3 Å². The van der Waals surface area contributed by atoms with Crippen LogP contribution < -0.4 is 15.5 Å². The number of nitrogens with zero attached hydrogens (tertiary/aromatic N) is 2. The van der Waals surface area contributed by atoms with Crippen molar-refractivity contribution in [1.82, 2.24) is 10.7 Å². The maximum atomic E-state index is 12.0. The van der Waals surface area contributed by atoms with E-state index in [4.69, 9.17) is 10.00 Å². The van der Waals surface area contributed by atoms with Gasteiger partial charge in [-0.25, -0.2) is 5.43 Å². The maximum absolute atomic E-state index is 12.0. The molecule has 3 rings (SSSR count). The van der Waals surface area contributed by atoms with Gasteiger partial charge in [-0.2, -0.15) is 10.4 Å². The SMILES string of the molecule is Cc1ccc(C(=O)NCC(=O)NN=Cc2ccc(OCc3ccccc3C#N)cc2)cc1. The van der Waals surface area contributed by atoms with E-state index in [2.05, 4.69) is 21.9 Å². The van der Waals surface area contributed by atoms with Gasteiger partial charge in [-0.05, 0) is 55.0 Å². The summed E-state index contributed by atoms with van der Waals surface area (Å²) in [5, 5.41) is 15.6. The fraction of sp³-hybridized carbons (Fsp3) is 0.120. The smallest absolute Gasteiger partial charge is 0.259 e. The number of hydrogen-bond acceptors (Lipinski definition) is 5. The van der Waals surface area contributed by atoms with Gasteiger partial charge in [0.2, 0.25) is 0 Å². The largest absolute Gasteiger partial charge is 0.489 e. The third kappa shape index (κ3) is 6.54. The van der Waals surface area contributed by atoms with Gasteiger partial charge in [0.25, 0.3) is 11.8 Å². The Bertz CT molecular complexity index is 1150. The molecule has 7 heteroatoms. The van der Waals surface area contributed by atoms with Crippen LogP contribution in [0.15, 0.2) is 77.9 Å². The van der Waals surface area contributed by atoms with Gasteiger partial charge < -0.3 is 10.1 Å². The van der Waals surface area contributed by atoms with E-state index in [1.807, 2.05) is 37.3 Å². The molecule has 0 aliphatic rings. The highest BCUT2D eigenvalue weighted by Gasteiger charge is 2.07. The highest BCUT2D eigenvalue weighted by molar-refractivity contribution is 5.96. The fourth-order valence-electron chi connectivity index (χ4n) is 2.75. The Morgan fingerprint density at radius 1 is 1.03 bits per heavy atom. The molecule has 160 valence electrons. The zero-order chi connectivity index (χ0) is 22.8. The molecule has 0 saturated heterocycles. The lowest BCUT2D eigenvalue weighted by atomic mass is 10.1. The van der Waals surface area contributed by atoms with E-state index < -0.39 is 5.91 Å². The first-order valence-electron chi connectivity index (χ1n) is 9.93. The first kappa shape index (κ1) is 22.2. The molecule has 0 aromatic heterocycles. The van der Waals surface area contributed by atoms with Crippen LogP contribution in [0.4, 0.5) is 0 Å². The molecule has 0 fully saturated rings. The van der Waals surface area contributed by atoms with Gasteiger partial charge in [-0.1, -0.05) is 35.9 Å². The molecule has 0 radical (unpaired) electrons. The van der Waals surface area contributed by atoms with Crippen LogP contribution in [0.25, 0.3) is 0 Å². The fourth-order valence-corrected chi connectivity index (χ4v) is 2.75. The number of benzene rings is 3. The average Bonchev–Trinajstić information content (AvgIpc) is 2.82. The Labute approximate surface area is 186 Å². The second-order valence-corrected chi connectivity index (χ2v) is 6.97. The van der Waals surface area contributed by atoms with Crippen molar-refractivity contribution in [1.29, 1.82) is 5.26 Å². The van der Waals surface area contributed by atoms with Gasteiger partial charge in [-0.3, -0.25) is 9.59 Å². The summed E-state index contributed by atoms with van der Waals surface area (Å²) in [6, 6.07) is 23.6. The van der Waals surface area contributed by atoms with Gasteiger partial charge in [0, 0.05) is 11.1 Å². The minimum atomic E-state index is -0.433. The lowest BCUT2D eigenvalue weighted by Crippen LogP contribution is -2.34. The van der Waals surface area contributed by atoms with E-state index in [9.17, 15) is 9.59 Å². The minimum absolute atomic E-state index is 0.180. The minimum Gasteiger partial charge on any atom is -0.489 e. The van der Waals surface area contributed by atoms with E-state index in [0.29, 0.717) is 23.5 Å². The molecule has 0 spiro atoms. The lowest BCUT2D eigenvalue weighted by Gasteiger charge is -2.07. The summed E-state index contributed by atoms with van der Waals surface area (Å²) in [4.78, 5) is 23.9. The summed E-state index contributed by atoms with van der Waals surface area (Å²) in [5.41, 5.74) is 6.08. The molecule has 3 aromatic carbocycles. The van der Waals surface area contributed by atoms with Crippen LogP contribution in [0, 0.1) is 18.3 Å². The highest BCUT2D eigenvalue weighted by Crippen LogP contribution is 2.15. The number of nitriles is 1. The van der Waals surface area contributed by atoms with Crippen LogP contribution in [0.5, 0.6) is 5.75 Å². The highest BCUT2D eigenvalue weighted by atomic mass is 16.5. The van der Waals surface area contributed by atoms with Crippen molar-refractivity contribution in [2.45, 2.75) is 13.5 Å². The van der Waals surface area contributed by atoms with E-state index in [1.165, 1.54) is 6.21 Å². The average molecular weight is 426 g/mol. The second-order valence-electron chi connectivity index (χ2n) is 6.97. The van der Waals surface area contributed by atoms with Crippen molar-refractivity contribution in [3.05, 3.63) is 101 Å². The molecule has 0 unspecified atom stereocenters. The molecule has 7 nitrogen and oxygen atoms in total. The third-order valence-corrected chi connectivity index (χ3v) is 4.54. The van der Waals surface area contributed by atoms with Crippen molar-refractivity contribution >= 4 is 18.0 Å². The van der Waals surface area contributed by atoms with Crippen molar-refractivity contribution in [2.75, 3.05) is 6.54 Å². The monoisotopic (exact) mass is 426 g/mol. The first-order chi connectivity index (χ1) is 15.5. The number of carbonyl (C=O) groups excluding carboxylic acids is 2. The topological polar surface area (TPSA) is 104 Å². The summed E-state index contributed by atoms with van der Waals surface area (Å²) in [6.45, 7) is 2.05. The van der Waals surface area contributed by atoms with Gasteiger partial charge in [0.15, 0.2) is 0 Å². The quantitative estimate of drug-likeness (QED) is 0.426. The Kier molecular flexibility index (Phi) is 7.71. The number of nitrogens with one attached hydrogen (secondary N) is 2.